The lowest BCUT2D eigenvalue weighted by Gasteiger charge is -2.19. The van der Waals surface area contributed by atoms with Gasteiger partial charge in [-0.1, -0.05) is 24.3 Å². The molecule has 0 aliphatic heterocycles. The Balaban J connectivity index is 1.73. The van der Waals surface area contributed by atoms with Crippen molar-refractivity contribution in [1.82, 2.24) is 10.3 Å². The highest BCUT2D eigenvalue weighted by Gasteiger charge is 2.32. The molecule has 5 heteroatoms. The molecule has 26 heavy (non-hydrogen) atoms. The number of benzene rings is 2. The summed E-state index contributed by atoms with van der Waals surface area (Å²) in [4.78, 5) is 17.5. The minimum atomic E-state index is -0.625. The zero-order valence-corrected chi connectivity index (χ0v) is 14.7. The number of nitrogens with one attached hydrogen (secondary N) is 1. The molecule has 132 valence electrons. The number of aliphatic hydroxyl groups excluding tert-OH is 1. The molecule has 1 aliphatic carbocycles. The largest absolute Gasteiger partial charge is 0.497 e. The molecule has 5 nitrogen and oxygen atoms in total. The molecule has 0 saturated carbocycles. The lowest BCUT2D eigenvalue weighted by Crippen LogP contribution is -2.34. The molecule has 0 spiro atoms. The van der Waals surface area contributed by atoms with Gasteiger partial charge in [-0.05, 0) is 42.3 Å². The van der Waals surface area contributed by atoms with E-state index >= 15 is 0 Å². The molecule has 1 aromatic heterocycles. The number of hydrogen-bond donors (Lipinski definition) is 2. The third-order valence-corrected chi connectivity index (χ3v) is 4.88. The van der Waals surface area contributed by atoms with E-state index < -0.39 is 12.1 Å². The molecule has 0 fully saturated rings. The Morgan fingerprint density at radius 1 is 1.23 bits per heavy atom. The van der Waals surface area contributed by atoms with Gasteiger partial charge in [-0.25, -0.2) is 0 Å². The number of hydrogen-bond acceptors (Lipinski definition) is 4. The van der Waals surface area contributed by atoms with Gasteiger partial charge in [0.15, 0.2) is 0 Å². The van der Waals surface area contributed by atoms with Gasteiger partial charge in [-0.3, -0.25) is 9.78 Å². The van der Waals surface area contributed by atoms with Gasteiger partial charge in [0.1, 0.15) is 5.75 Å². The SMILES string of the molecule is COc1ccc2nc(C)cc(C(=O)NC3c4ccccc4CC3O)c2c1. The average Bonchev–Trinajstić information content (AvgIpc) is 2.96. The van der Waals surface area contributed by atoms with Crippen LogP contribution in [0.5, 0.6) is 5.75 Å². The zero-order chi connectivity index (χ0) is 18.3. The van der Waals surface area contributed by atoms with Gasteiger partial charge in [0, 0.05) is 17.5 Å². The third-order valence-electron chi connectivity index (χ3n) is 4.88. The molecule has 1 heterocycles. The first-order valence-electron chi connectivity index (χ1n) is 8.59. The molecule has 2 aromatic carbocycles. The lowest BCUT2D eigenvalue weighted by atomic mass is 10.0. The van der Waals surface area contributed by atoms with Crippen molar-refractivity contribution >= 4 is 16.8 Å². The highest BCUT2D eigenvalue weighted by molar-refractivity contribution is 6.06. The fourth-order valence-corrected chi connectivity index (χ4v) is 3.62. The van der Waals surface area contributed by atoms with Gasteiger partial charge in [0.05, 0.1) is 30.3 Å². The number of pyridine rings is 1. The summed E-state index contributed by atoms with van der Waals surface area (Å²) in [6.45, 7) is 1.86. The monoisotopic (exact) mass is 348 g/mol. The van der Waals surface area contributed by atoms with E-state index in [1.54, 1.807) is 13.2 Å². The molecule has 0 saturated heterocycles. The first kappa shape index (κ1) is 16.5. The van der Waals surface area contributed by atoms with Crippen molar-refractivity contribution in [3.05, 3.63) is 70.9 Å². The summed E-state index contributed by atoms with van der Waals surface area (Å²) in [5, 5.41) is 14.1. The van der Waals surface area contributed by atoms with Crippen LogP contribution < -0.4 is 10.1 Å². The quantitative estimate of drug-likeness (QED) is 0.763. The topological polar surface area (TPSA) is 71.5 Å². The molecular weight excluding hydrogens is 328 g/mol. The van der Waals surface area contributed by atoms with Crippen molar-refractivity contribution in [2.24, 2.45) is 0 Å². The molecule has 4 rings (SSSR count). The maximum Gasteiger partial charge on any atom is 0.252 e. The van der Waals surface area contributed by atoms with Gasteiger partial charge < -0.3 is 15.2 Å². The fourth-order valence-electron chi connectivity index (χ4n) is 3.62. The van der Waals surface area contributed by atoms with E-state index in [1.165, 1.54) is 0 Å². The molecule has 2 unspecified atom stereocenters. The number of methoxy groups -OCH3 is 1. The van der Waals surface area contributed by atoms with Crippen LogP contribution in [0.15, 0.2) is 48.5 Å². The second-order valence-electron chi connectivity index (χ2n) is 6.62. The molecule has 2 atom stereocenters. The number of carbonyl (C=O) groups excluding carboxylic acids is 1. The van der Waals surface area contributed by atoms with Crippen LogP contribution in [0.2, 0.25) is 0 Å². The summed E-state index contributed by atoms with van der Waals surface area (Å²) in [7, 11) is 1.59. The van der Waals surface area contributed by atoms with E-state index in [0.29, 0.717) is 17.7 Å². The van der Waals surface area contributed by atoms with Crippen LogP contribution >= 0.6 is 0 Å². The van der Waals surface area contributed by atoms with E-state index in [-0.39, 0.29) is 5.91 Å². The maximum atomic E-state index is 13.0. The Bertz CT molecular complexity index is 1000. The van der Waals surface area contributed by atoms with Crippen LogP contribution in [0.3, 0.4) is 0 Å². The molecule has 2 N–H and O–H groups in total. The normalized spacial score (nSPS) is 18.6. The lowest BCUT2D eigenvalue weighted by molar-refractivity contribution is 0.0859. The van der Waals surface area contributed by atoms with E-state index in [4.69, 9.17) is 4.74 Å². The highest BCUT2D eigenvalue weighted by atomic mass is 16.5. The number of ether oxygens (including phenoxy) is 1. The standard InChI is InChI=1S/C21H20N2O3/c1-12-9-17(16-11-14(26-2)7-8-18(16)22-12)21(25)23-20-15-6-4-3-5-13(15)10-19(20)24/h3-9,11,19-20,24H,10H2,1-2H3,(H,23,25). The molecule has 0 bridgehead atoms. The minimum absolute atomic E-state index is 0.227. The van der Waals surface area contributed by atoms with Gasteiger partial charge in [0.25, 0.3) is 5.91 Å². The number of carbonyl (C=O) groups is 1. The molecule has 1 aliphatic rings. The second-order valence-corrected chi connectivity index (χ2v) is 6.62. The summed E-state index contributed by atoms with van der Waals surface area (Å²) in [6, 6.07) is 14.7. The van der Waals surface area contributed by atoms with Crippen molar-refractivity contribution in [1.29, 1.82) is 0 Å². The number of fused-ring (bicyclic) bond motifs is 2. The Labute approximate surface area is 151 Å². The smallest absolute Gasteiger partial charge is 0.252 e. The van der Waals surface area contributed by atoms with Crippen LogP contribution in [-0.4, -0.2) is 29.2 Å². The van der Waals surface area contributed by atoms with Crippen molar-refractivity contribution in [3.63, 3.8) is 0 Å². The predicted octanol–water partition coefficient (Wildman–Crippen LogP) is 2.94. The molecule has 1 amide bonds. The summed E-state index contributed by atoms with van der Waals surface area (Å²) in [6.07, 6.45) is -0.0782. The minimum Gasteiger partial charge on any atom is -0.497 e. The highest BCUT2D eigenvalue weighted by Crippen LogP contribution is 2.32. The third kappa shape index (κ3) is 2.80. The summed E-state index contributed by atoms with van der Waals surface area (Å²) >= 11 is 0. The first-order valence-corrected chi connectivity index (χ1v) is 8.59. The van der Waals surface area contributed by atoms with E-state index in [0.717, 1.165) is 27.7 Å². The first-order chi connectivity index (χ1) is 12.6. The number of aliphatic hydroxyl groups is 1. The average molecular weight is 348 g/mol. The van der Waals surface area contributed by atoms with Gasteiger partial charge in [0.2, 0.25) is 0 Å². The molecule has 3 aromatic rings. The van der Waals surface area contributed by atoms with Crippen molar-refractivity contribution in [3.8, 4) is 5.75 Å². The van der Waals surface area contributed by atoms with Crippen LogP contribution in [0.25, 0.3) is 10.9 Å². The number of aromatic nitrogens is 1. The van der Waals surface area contributed by atoms with Gasteiger partial charge in [-0.2, -0.15) is 0 Å². The molecular formula is C21H20N2O3. The number of nitrogens with zero attached hydrogens (tertiary/aromatic N) is 1. The van der Waals surface area contributed by atoms with E-state index in [9.17, 15) is 9.90 Å². The van der Waals surface area contributed by atoms with Crippen LogP contribution in [0.4, 0.5) is 0 Å². The van der Waals surface area contributed by atoms with E-state index in [2.05, 4.69) is 10.3 Å². The fraction of sp³-hybridized carbons (Fsp3) is 0.238. The van der Waals surface area contributed by atoms with Gasteiger partial charge >= 0.3 is 0 Å². The van der Waals surface area contributed by atoms with Crippen molar-refractivity contribution in [2.45, 2.75) is 25.5 Å². The second kappa shape index (κ2) is 6.42. The maximum absolute atomic E-state index is 13.0. The Kier molecular flexibility index (Phi) is 4.09. The molecule has 0 radical (unpaired) electrons. The Morgan fingerprint density at radius 3 is 2.85 bits per heavy atom. The Hall–Kier alpha value is -2.92. The summed E-state index contributed by atoms with van der Waals surface area (Å²) in [5.41, 5.74) is 4.08. The number of amides is 1. The summed E-state index contributed by atoms with van der Waals surface area (Å²) < 4.78 is 5.28. The van der Waals surface area contributed by atoms with Crippen LogP contribution in [0.1, 0.15) is 33.2 Å². The van der Waals surface area contributed by atoms with Crippen molar-refractivity contribution < 1.29 is 14.6 Å². The Morgan fingerprint density at radius 2 is 2.04 bits per heavy atom. The van der Waals surface area contributed by atoms with E-state index in [1.807, 2.05) is 49.4 Å². The zero-order valence-electron chi connectivity index (χ0n) is 14.7. The predicted molar refractivity (Wildman–Crippen MR) is 99.4 cm³/mol. The number of rotatable bonds is 3. The van der Waals surface area contributed by atoms with Gasteiger partial charge in [-0.15, -0.1) is 0 Å². The van der Waals surface area contributed by atoms with Crippen LogP contribution in [-0.2, 0) is 6.42 Å². The van der Waals surface area contributed by atoms with Crippen molar-refractivity contribution in [2.75, 3.05) is 7.11 Å². The number of aryl methyl sites for hydroxylation is 1. The van der Waals surface area contributed by atoms with Crippen LogP contribution in [0, 0.1) is 6.92 Å². The summed E-state index contributed by atoms with van der Waals surface area (Å²) in [5.74, 6) is 0.443.